The molecule has 0 bridgehead atoms. The molecular formula is C18H24FN3O. The van der Waals surface area contributed by atoms with Crippen LogP contribution in [-0.2, 0) is 12.0 Å². The quantitative estimate of drug-likeness (QED) is 0.634. The number of halogens is 1. The summed E-state index contributed by atoms with van der Waals surface area (Å²) < 4.78 is 18.4. The summed E-state index contributed by atoms with van der Waals surface area (Å²) in [5, 5.41) is 6.56. The Balaban J connectivity index is 1.99. The number of hydrogen-bond donors (Lipinski definition) is 2. The molecule has 0 spiro atoms. The fourth-order valence-corrected chi connectivity index (χ4v) is 2.21. The fraction of sp³-hybridized carbons (Fsp3) is 0.389. The molecule has 0 atom stereocenters. The van der Waals surface area contributed by atoms with Gasteiger partial charge in [-0.2, -0.15) is 0 Å². The molecule has 5 heteroatoms. The lowest BCUT2D eigenvalue weighted by Crippen LogP contribution is -2.43. The first-order valence-corrected chi connectivity index (χ1v) is 7.82. The second-order valence-electron chi connectivity index (χ2n) is 6.02. The molecule has 1 heterocycles. The minimum absolute atomic E-state index is 0.144. The maximum Gasteiger partial charge on any atom is 0.191 e. The highest BCUT2D eigenvalue weighted by Gasteiger charge is 2.21. The lowest BCUT2D eigenvalue weighted by Gasteiger charge is -2.26. The average Bonchev–Trinajstić information content (AvgIpc) is 3.04. The summed E-state index contributed by atoms with van der Waals surface area (Å²) in [6.45, 7) is 8.20. The van der Waals surface area contributed by atoms with E-state index in [9.17, 15) is 4.39 Å². The zero-order chi connectivity index (χ0) is 16.7. The fourth-order valence-electron chi connectivity index (χ4n) is 2.21. The molecule has 4 nitrogen and oxygen atoms in total. The van der Waals surface area contributed by atoms with E-state index in [0.29, 0.717) is 13.1 Å². The molecule has 23 heavy (non-hydrogen) atoms. The van der Waals surface area contributed by atoms with Gasteiger partial charge in [-0.25, -0.2) is 9.38 Å². The first kappa shape index (κ1) is 17.1. The monoisotopic (exact) mass is 317 g/mol. The van der Waals surface area contributed by atoms with Crippen LogP contribution in [0.15, 0.2) is 52.1 Å². The smallest absolute Gasteiger partial charge is 0.191 e. The van der Waals surface area contributed by atoms with Crippen LogP contribution < -0.4 is 10.6 Å². The van der Waals surface area contributed by atoms with Gasteiger partial charge < -0.3 is 15.1 Å². The van der Waals surface area contributed by atoms with E-state index in [2.05, 4.69) is 29.5 Å². The Morgan fingerprint density at radius 1 is 1.17 bits per heavy atom. The highest BCUT2D eigenvalue weighted by molar-refractivity contribution is 5.79. The molecule has 0 aliphatic rings. The van der Waals surface area contributed by atoms with E-state index in [1.54, 1.807) is 6.26 Å². The zero-order valence-electron chi connectivity index (χ0n) is 13.9. The van der Waals surface area contributed by atoms with Gasteiger partial charge in [-0.3, -0.25) is 0 Å². The van der Waals surface area contributed by atoms with Gasteiger partial charge in [-0.1, -0.05) is 26.0 Å². The third-order valence-electron chi connectivity index (χ3n) is 3.64. The van der Waals surface area contributed by atoms with Gasteiger partial charge >= 0.3 is 0 Å². The SMILES string of the molecule is CCNC(=NCc1ccco1)NCC(C)(C)c1ccc(F)cc1. The molecule has 124 valence electrons. The molecule has 0 amide bonds. The van der Waals surface area contributed by atoms with Crippen LogP contribution in [0.25, 0.3) is 0 Å². The van der Waals surface area contributed by atoms with Gasteiger partial charge in [-0.15, -0.1) is 0 Å². The Morgan fingerprint density at radius 3 is 2.52 bits per heavy atom. The summed E-state index contributed by atoms with van der Waals surface area (Å²) in [4.78, 5) is 4.51. The normalized spacial score (nSPS) is 12.3. The summed E-state index contributed by atoms with van der Waals surface area (Å²) in [6, 6.07) is 10.4. The van der Waals surface area contributed by atoms with Crippen LogP contribution in [0, 0.1) is 5.82 Å². The Morgan fingerprint density at radius 2 is 1.91 bits per heavy atom. The lowest BCUT2D eigenvalue weighted by atomic mass is 9.84. The third-order valence-corrected chi connectivity index (χ3v) is 3.64. The molecular weight excluding hydrogens is 293 g/mol. The molecule has 2 rings (SSSR count). The summed E-state index contributed by atoms with van der Waals surface area (Å²) in [6.07, 6.45) is 1.64. The van der Waals surface area contributed by atoms with Gasteiger partial charge in [0.25, 0.3) is 0 Å². The Labute approximate surface area is 136 Å². The largest absolute Gasteiger partial charge is 0.467 e. The molecule has 0 aliphatic carbocycles. The van der Waals surface area contributed by atoms with E-state index in [-0.39, 0.29) is 11.2 Å². The average molecular weight is 317 g/mol. The van der Waals surface area contributed by atoms with Crippen molar-refractivity contribution in [2.24, 2.45) is 4.99 Å². The first-order valence-electron chi connectivity index (χ1n) is 7.82. The molecule has 0 saturated carbocycles. The Kier molecular flexibility index (Phi) is 5.79. The molecule has 0 aliphatic heterocycles. The van der Waals surface area contributed by atoms with Crippen molar-refractivity contribution >= 4 is 5.96 Å². The van der Waals surface area contributed by atoms with E-state index in [1.165, 1.54) is 12.1 Å². The molecule has 1 aromatic carbocycles. The van der Waals surface area contributed by atoms with Crippen molar-refractivity contribution in [3.8, 4) is 0 Å². The van der Waals surface area contributed by atoms with Crippen LogP contribution in [-0.4, -0.2) is 19.0 Å². The number of nitrogens with zero attached hydrogens (tertiary/aromatic N) is 1. The van der Waals surface area contributed by atoms with E-state index in [4.69, 9.17) is 4.42 Å². The van der Waals surface area contributed by atoms with Crippen molar-refractivity contribution in [2.75, 3.05) is 13.1 Å². The van der Waals surface area contributed by atoms with Crippen LogP contribution >= 0.6 is 0 Å². The third kappa shape index (κ3) is 5.13. The molecule has 0 radical (unpaired) electrons. The molecule has 2 aromatic rings. The van der Waals surface area contributed by atoms with Gasteiger partial charge in [0.05, 0.1) is 6.26 Å². The van der Waals surface area contributed by atoms with Crippen LogP contribution in [0.4, 0.5) is 4.39 Å². The van der Waals surface area contributed by atoms with Crippen LogP contribution in [0.2, 0.25) is 0 Å². The number of hydrogen-bond acceptors (Lipinski definition) is 2. The standard InChI is InChI=1S/C18H24FN3O/c1-4-20-17(21-12-16-6-5-11-23-16)22-13-18(2,3)14-7-9-15(19)10-8-14/h5-11H,4,12-13H2,1-3H3,(H2,20,21,22). The number of nitrogens with one attached hydrogen (secondary N) is 2. The van der Waals surface area contributed by atoms with Crippen molar-refractivity contribution in [3.63, 3.8) is 0 Å². The molecule has 2 N–H and O–H groups in total. The number of aliphatic imine (C=N–C) groups is 1. The second kappa shape index (κ2) is 7.81. The Bertz CT molecular complexity index is 618. The van der Waals surface area contributed by atoms with Crippen LogP contribution in [0.5, 0.6) is 0 Å². The zero-order valence-corrected chi connectivity index (χ0v) is 13.9. The summed E-state index contributed by atoms with van der Waals surface area (Å²) in [7, 11) is 0. The van der Waals surface area contributed by atoms with Crippen molar-refractivity contribution < 1.29 is 8.81 Å². The lowest BCUT2D eigenvalue weighted by molar-refractivity contribution is 0.501. The van der Waals surface area contributed by atoms with E-state index in [1.807, 2.05) is 31.2 Å². The van der Waals surface area contributed by atoms with Crippen LogP contribution in [0.3, 0.4) is 0 Å². The number of furan rings is 1. The minimum Gasteiger partial charge on any atom is -0.467 e. The van der Waals surface area contributed by atoms with E-state index >= 15 is 0 Å². The highest BCUT2D eigenvalue weighted by Crippen LogP contribution is 2.22. The predicted octanol–water partition coefficient (Wildman–Crippen LogP) is 3.45. The van der Waals surface area contributed by atoms with Gasteiger partial charge in [0.15, 0.2) is 5.96 Å². The highest BCUT2D eigenvalue weighted by atomic mass is 19.1. The number of benzene rings is 1. The van der Waals surface area contributed by atoms with Crippen molar-refractivity contribution in [3.05, 3.63) is 59.8 Å². The van der Waals surface area contributed by atoms with Gasteiger partial charge in [-0.05, 0) is 36.8 Å². The summed E-state index contributed by atoms with van der Waals surface area (Å²) >= 11 is 0. The topological polar surface area (TPSA) is 49.6 Å². The van der Waals surface area contributed by atoms with E-state index in [0.717, 1.165) is 23.8 Å². The maximum absolute atomic E-state index is 13.1. The number of guanidine groups is 1. The molecule has 0 saturated heterocycles. The molecule has 0 unspecified atom stereocenters. The van der Waals surface area contributed by atoms with Gasteiger partial charge in [0.1, 0.15) is 18.1 Å². The minimum atomic E-state index is -0.217. The first-order chi connectivity index (χ1) is 11.0. The number of rotatable bonds is 6. The second-order valence-corrected chi connectivity index (χ2v) is 6.02. The summed E-state index contributed by atoms with van der Waals surface area (Å²) in [5.74, 6) is 1.34. The Hall–Kier alpha value is -2.30. The van der Waals surface area contributed by atoms with E-state index < -0.39 is 0 Å². The summed E-state index contributed by atoms with van der Waals surface area (Å²) in [5.41, 5.74) is 0.933. The van der Waals surface area contributed by atoms with Crippen molar-refractivity contribution in [1.29, 1.82) is 0 Å². The van der Waals surface area contributed by atoms with Crippen molar-refractivity contribution in [2.45, 2.75) is 32.7 Å². The van der Waals surface area contributed by atoms with Gasteiger partial charge in [0, 0.05) is 18.5 Å². The van der Waals surface area contributed by atoms with Crippen LogP contribution in [0.1, 0.15) is 32.1 Å². The van der Waals surface area contributed by atoms with Crippen molar-refractivity contribution in [1.82, 2.24) is 10.6 Å². The maximum atomic E-state index is 13.1. The molecule has 1 aromatic heterocycles. The van der Waals surface area contributed by atoms with Gasteiger partial charge in [0.2, 0.25) is 0 Å². The molecule has 0 fully saturated rings. The predicted molar refractivity (Wildman–Crippen MR) is 91.0 cm³/mol.